The fourth-order valence-electron chi connectivity index (χ4n) is 1.29. The Balaban J connectivity index is 1.96. The van der Waals surface area contributed by atoms with Crippen LogP contribution in [0.5, 0.6) is 5.75 Å². The predicted molar refractivity (Wildman–Crippen MR) is 65.3 cm³/mol. The number of rotatable bonds is 3. The van der Waals surface area contributed by atoms with Crippen LogP contribution >= 0.6 is 0 Å². The topological polar surface area (TPSA) is 39.2 Å². The van der Waals surface area contributed by atoms with Crippen molar-refractivity contribution in [3.63, 3.8) is 0 Å². The number of hydrogen-bond acceptors (Lipinski definition) is 3. The number of benzene rings is 1. The van der Waals surface area contributed by atoms with E-state index in [1.165, 1.54) is 12.3 Å². The largest absolute Gasteiger partial charge is 0.422 e. The van der Waals surface area contributed by atoms with Crippen molar-refractivity contribution in [3.8, 4) is 5.75 Å². The lowest BCUT2D eigenvalue weighted by Crippen LogP contribution is -2.03. The van der Waals surface area contributed by atoms with Gasteiger partial charge in [0.2, 0.25) is 0 Å². The third kappa shape index (κ3) is 3.57. The number of pyridine rings is 1. The van der Waals surface area contributed by atoms with Crippen LogP contribution in [0, 0.1) is 0 Å². The molecule has 1 aromatic heterocycles. The van der Waals surface area contributed by atoms with Gasteiger partial charge in [-0.2, -0.15) is 0 Å². The summed E-state index contributed by atoms with van der Waals surface area (Å²) in [5, 5.41) is 0. The number of ether oxygens (including phenoxy) is 1. The van der Waals surface area contributed by atoms with Gasteiger partial charge in [-0.3, -0.25) is 4.98 Å². The monoisotopic (exact) mass is 225 g/mol. The van der Waals surface area contributed by atoms with Gasteiger partial charge >= 0.3 is 5.97 Å². The quantitative estimate of drug-likeness (QED) is 0.595. The van der Waals surface area contributed by atoms with Crippen LogP contribution in [-0.4, -0.2) is 11.0 Å². The van der Waals surface area contributed by atoms with Gasteiger partial charge in [0, 0.05) is 12.3 Å². The Morgan fingerprint density at radius 3 is 2.65 bits per heavy atom. The summed E-state index contributed by atoms with van der Waals surface area (Å²) >= 11 is 0. The van der Waals surface area contributed by atoms with E-state index in [0.717, 1.165) is 5.56 Å². The van der Waals surface area contributed by atoms with Gasteiger partial charge in [-0.15, -0.1) is 0 Å². The van der Waals surface area contributed by atoms with Crippen molar-refractivity contribution in [2.45, 2.75) is 0 Å². The van der Waals surface area contributed by atoms with E-state index in [-0.39, 0.29) is 0 Å². The van der Waals surface area contributed by atoms with Crippen molar-refractivity contribution in [1.29, 1.82) is 0 Å². The van der Waals surface area contributed by atoms with Crippen LogP contribution < -0.4 is 4.74 Å². The highest BCUT2D eigenvalue weighted by Gasteiger charge is 1.98. The Bertz CT molecular complexity index is 506. The normalized spacial score (nSPS) is 10.4. The van der Waals surface area contributed by atoms with Crippen molar-refractivity contribution in [3.05, 3.63) is 66.5 Å². The van der Waals surface area contributed by atoms with Crippen LogP contribution in [0.2, 0.25) is 0 Å². The molecule has 0 N–H and O–H groups in total. The van der Waals surface area contributed by atoms with E-state index < -0.39 is 5.97 Å². The Kier molecular flexibility index (Phi) is 3.65. The van der Waals surface area contributed by atoms with E-state index in [1.807, 2.05) is 30.3 Å². The minimum atomic E-state index is -0.415. The smallest absolute Gasteiger partial charge is 0.336 e. The average Bonchev–Trinajstić information content (AvgIpc) is 2.39. The van der Waals surface area contributed by atoms with Crippen LogP contribution in [-0.2, 0) is 4.79 Å². The molecule has 1 aromatic carbocycles. The molecule has 0 aliphatic carbocycles. The molecule has 84 valence electrons. The molecule has 2 aromatic rings. The zero-order chi connectivity index (χ0) is 11.9. The van der Waals surface area contributed by atoms with Crippen molar-refractivity contribution in [2.24, 2.45) is 0 Å². The number of carbonyl (C=O) groups is 1. The Morgan fingerprint density at radius 2 is 1.94 bits per heavy atom. The number of nitrogens with zero attached hydrogens (tertiary/aromatic N) is 1. The van der Waals surface area contributed by atoms with Crippen LogP contribution in [0.1, 0.15) is 5.56 Å². The summed E-state index contributed by atoms with van der Waals surface area (Å²) < 4.78 is 5.05. The lowest BCUT2D eigenvalue weighted by Gasteiger charge is -1.98. The van der Waals surface area contributed by atoms with Crippen LogP contribution in [0.3, 0.4) is 0 Å². The number of hydrogen-bond donors (Lipinski definition) is 0. The number of carbonyl (C=O) groups excluding carboxylic acids is 1. The van der Waals surface area contributed by atoms with Crippen LogP contribution in [0.4, 0.5) is 0 Å². The molecule has 1 heterocycles. The van der Waals surface area contributed by atoms with Gasteiger partial charge in [0.1, 0.15) is 5.75 Å². The van der Waals surface area contributed by atoms with Gasteiger partial charge in [0.05, 0.1) is 6.20 Å². The van der Waals surface area contributed by atoms with Gasteiger partial charge in [0.25, 0.3) is 0 Å². The lowest BCUT2D eigenvalue weighted by molar-refractivity contribution is -0.128. The summed E-state index contributed by atoms with van der Waals surface area (Å²) in [5.74, 6) is 0.0251. The molecule has 3 nitrogen and oxygen atoms in total. The van der Waals surface area contributed by atoms with E-state index in [0.29, 0.717) is 5.75 Å². The summed E-state index contributed by atoms with van der Waals surface area (Å²) in [7, 11) is 0. The first-order chi connectivity index (χ1) is 8.34. The third-order valence-corrected chi connectivity index (χ3v) is 2.06. The number of aromatic nitrogens is 1. The second-order valence-corrected chi connectivity index (χ2v) is 3.35. The predicted octanol–water partition coefficient (Wildman–Crippen LogP) is 2.70. The first-order valence-electron chi connectivity index (χ1n) is 5.19. The summed E-state index contributed by atoms with van der Waals surface area (Å²) in [6.45, 7) is 0. The molecule has 0 aliphatic heterocycles. The summed E-state index contributed by atoms with van der Waals surface area (Å²) in [4.78, 5) is 15.3. The molecular formula is C14H11NO2. The van der Waals surface area contributed by atoms with Crippen LogP contribution in [0.25, 0.3) is 6.08 Å². The lowest BCUT2D eigenvalue weighted by atomic mass is 10.2. The molecule has 0 fully saturated rings. The van der Waals surface area contributed by atoms with Crippen molar-refractivity contribution in [1.82, 2.24) is 4.98 Å². The van der Waals surface area contributed by atoms with E-state index in [9.17, 15) is 4.79 Å². The summed E-state index contributed by atoms with van der Waals surface area (Å²) in [5.41, 5.74) is 0.954. The van der Waals surface area contributed by atoms with Crippen molar-refractivity contribution >= 4 is 12.0 Å². The molecule has 0 aliphatic rings. The molecule has 0 unspecified atom stereocenters. The first-order valence-corrected chi connectivity index (χ1v) is 5.19. The zero-order valence-electron chi connectivity index (χ0n) is 9.11. The first kappa shape index (κ1) is 11.1. The molecule has 0 saturated heterocycles. The van der Waals surface area contributed by atoms with E-state index in [4.69, 9.17) is 4.74 Å². The fraction of sp³-hybridized carbons (Fsp3) is 0. The highest BCUT2D eigenvalue weighted by atomic mass is 16.5. The molecule has 0 saturated carbocycles. The minimum absolute atomic E-state index is 0.415. The summed E-state index contributed by atoms with van der Waals surface area (Å²) in [6, 6.07) is 13.0. The molecule has 3 heteroatoms. The fourth-order valence-corrected chi connectivity index (χ4v) is 1.29. The van der Waals surface area contributed by atoms with Crippen LogP contribution in [0.15, 0.2) is 60.9 Å². The molecule has 0 atom stereocenters. The zero-order valence-corrected chi connectivity index (χ0v) is 9.11. The van der Waals surface area contributed by atoms with Gasteiger partial charge in [0.15, 0.2) is 0 Å². The van der Waals surface area contributed by atoms with E-state index in [1.54, 1.807) is 24.4 Å². The summed E-state index contributed by atoms with van der Waals surface area (Å²) in [6.07, 6.45) is 6.21. The maximum atomic E-state index is 11.4. The highest BCUT2D eigenvalue weighted by Crippen LogP contribution is 2.07. The van der Waals surface area contributed by atoms with Gasteiger partial charge in [-0.25, -0.2) is 4.79 Å². The van der Waals surface area contributed by atoms with Gasteiger partial charge in [-0.05, 0) is 23.8 Å². The molecular weight excluding hydrogens is 214 g/mol. The molecule has 2 rings (SSSR count). The molecule has 0 spiro atoms. The van der Waals surface area contributed by atoms with Gasteiger partial charge in [-0.1, -0.05) is 30.3 Å². The highest BCUT2D eigenvalue weighted by molar-refractivity contribution is 5.88. The van der Waals surface area contributed by atoms with Gasteiger partial charge < -0.3 is 4.74 Å². The maximum absolute atomic E-state index is 11.4. The average molecular weight is 225 g/mol. The number of esters is 1. The van der Waals surface area contributed by atoms with Crippen molar-refractivity contribution < 1.29 is 9.53 Å². The Morgan fingerprint density at radius 1 is 1.12 bits per heavy atom. The Hall–Kier alpha value is -2.42. The van der Waals surface area contributed by atoms with Crippen molar-refractivity contribution in [2.75, 3.05) is 0 Å². The van der Waals surface area contributed by atoms with E-state index in [2.05, 4.69) is 4.98 Å². The molecule has 0 radical (unpaired) electrons. The molecule has 17 heavy (non-hydrogen) atoms. The minimum Gasteiger partial charge on any atom is -0.422 e. The molecule has 0 amide bonds. The third-order valence-electron chi connectivity index (χ3n) is 2.06. The SMILES string of the molecule is O=C(C=Cc1ccccc1)Oc1cccnc1. The van der Waals surface area contributed by atoms with E-state index >= 15 is 0 Å². The molecule has 0 bridgehead atoms. The second kappa shape index (κ2) is 5.61. The standard InChI is InChI=1S/C14H11NO2/c16-14(17-13-7-4-10-15-11-13)9-8-12-5-2-1-3-6-12/h1-11H. The Labute approximate surface area is 99.4 Å². The maximum Gasteiger partial charge on any atom is 0.336 e. The second-order valence-electron chi connectivity index (χ2n) is 3.35.